The van der Waals surface area contributed by atoms with Crippen LogP contribution in [0.3, 0.4) is 0 Å². The van der Waals surface area contributed by atoms with Crippen molar-refractivity contribution in [2.24, 2.45) is 0 Å². The standard InChI is InChI=1S/BrH.3Li.3H/h1H;;;;;;. The van der Waals surface area contributed by atoms with Crippen molar-refractivity contribution in [3.63, 3.8) is 0 Å². The van der Waals surface area contributed by atoms with E-state index < -0.39 is 0 Å². The Labute approximate surface area is 72.8 Å². The Morgan fingerprint density at radius 1 is 0.500 bits per heavy atom. The molecule has 4 heteroatoms. The third-order valence-electron chi connectivity index (χ3n) is 0. The molecule has 0 aromatic rings. The van der Waals surface area contributed by atoms with Crippen molar-refractivity contribution >= 4 is 73.6 Å². The molecule has 0 bridgehead atoms. The summed E-state index contributed by atoms with van der Waals surface area (Å²) in [7, 11) is 0. The molecule has 0 aromatic heterocycles. The summed E-state index contributed by atoms with van der Waals surface area (Å²) < 4.78 is 0. The van der Waals surface area contributed by atoms with Gasteiger partial charge in [0.1, 0.15) is 0 Å². The van der Waals surface area contributed by atoms with Gasteiger partial charge in [0.25, 0.3) is 0 Å². The van der Waals surface area contributed by atoms with E-state index in [2.05, 4.69) is 0 Å². The molecule has 14 valence electrons. The van der Waals surface area contributed by atoms with Crippen molar-refractivity contribution in [2.45, 2.75) is 0 Å². The van der Waals surface area contributed by atoms with Crippen LogP contribution < -0.4 is 0 Å². The van der Waals surface area contributed by atoms with E-state index in [4.69, 9.17) is 0 Å². The van der Waals surface area contributed by atoms with Gasteiger partial charge in [-0.05, 0) is 0 Å². The third kappa shape index (κ3) is 8.86. The summed E-state index contributed by atoms with van der Waals surface area (Å²) in [5.41, 5.74) is 0. The van der Waals surface area contributed by atoms with Crippen molar-refractivity contribution < 1.29 is 0 Å². The van der Waals surface area contributed by atoms with Gasteiger partial charge in [-0.25, -0.2) is 0 Å². The molecule has 0 aliphatic rings. The fourth-order valence-electron chi connectivity index (χ4n) is 0. The minimum absolute atomic E-state index is 0. The van der Waals surface area contributed by atoms with Gasteiger partial charge in [0.15, 0.2) is 0 Å². The molecule has 0 spiro atoms. The third-order valence-corrected chi connectivity index (χ3v) is 0. The zero-order chi connectivity index (χ0) is 0. The van der Waals surface area contributed by atoms with Crippen LogP contribution in [-0.4, -0.2) is 56.6 Å². The molecule has 0 rings (SSSR count). The molecule has 0 heterocycles. The zero-order valence-electron chi connectivity index (χ0n) is 0.408. The van der Waals surface area contributed by atoms with Crippen LogP contribution in [0.25, 0.3) is 0 Å². The number of hydrogen-bond donors (Lipinski definition) is 0. The summed E-state index contributed by atoms with van der Waals surface area (Å²) in [5, 5.41) is 0. The second kappa shape index (κ2) is 18.6. The number of rotatable bonds is 0. The van der Waals surface area contributed by atoms with Crippen molar-refractivity contribution in [3.05, 3.63) is 0 Å². The molecule has 0 saturated carbocycles. The van der Waals surface area contributed by atoms with Gasteiger partial charge in [-0.15, -0.1) is 17.0 Å². The van der Waals surface area contributed by atoms with Gasteiger partial charge in [0.05, 0.1) is 0 Å². The average molecular weight is 105 g/mol. The summed E-state index contributed by atoms with van der Waals surface area (Å²) >= 11 is 0. The molecule has 0 atom stereocenters. The van der Waals surface area contributed by atoms with Crippen LogP contribution in [0, 0.1) is 0 Å². The average Bonchev–Trinajstić information content (AvgIpc) is 0. The van der Waals surface area contributed by atoms with Crippen LogP contribution in [0.5, 0.6) is 0 Å². The minimum atomic E-state index is 0. The topological polar surface area (TPSA) is 0 Å². The Morgan fingerprint density at radius 2 is 0.500 bits per heavy atom. The summed E-state index contributed by atoms with van der Waals surface area (Å²) in [6.07, 6.45) is 0. The first-order valence-electron chi connectivity index (χ1n) is 0. The first-order chi connectivity index (χ1) is 0. The van der Waals surface area contributed by atoms with E-state index in [1.54, 1.807) is 0 Å². The molecule has 0 amide bonds. The Balaban J connectivity index is 0. The molecule has 0 N–H and O–H groups in total. The van der Waals surface area contributed by atoms with E-state index in [1.807, 2.05) is 0 Å². The van der Waals surface area contributed by atoms with E-state index in [1.165, 1.54) is 0 Å². The Bertz CT molecular complexity index is 3.25. The fourth-order valence-corrected chi connectivity index (χ4v) is 0. The Hall–Kier alpha value is 2.27. The number of hydrogen-bond acceptors (Lipinski definition) is 0. The van der Waals surface area contributed by atoms with Crippen LogP contribution in [0.2, 0.25) is 0 Å². The van der Waals surface area contributed by atoms with Crippen LogP contribution in [0.1, 0.15) is 0 Å². The normalized spacial score (nSPS) is 0. The zero-order valence-corrected chi connectivity index (χ0v) is 2.12. The van der Waals surface area contributed by atoms with Gasteiger partial charge < -0.3 is 0 Å². The van der Waals surface area contributed by atoms with E-state index in [0.717, 1.165) is 0 Å². The first-order valence-corrected chi connectivity index (χ1v) is 0. The predicted molar refractivity (Wildman–Crippen MR) is 31.8 cm³/mol. The molecule has 0 radical (unpaired) electrons. The summed E-state index contributed by atoms with van der Waals surface area (Å²) in [4.78, 5) is 0. The van der Waals surface area contributed by atoms with E-state index >= 15 is 0 Å². The molecule has 0 aliphatic carbocycles. The van der Waals surface area contributed by atoms with Gasteiger partial charge in [0, 0.05) is 0 Å². The molecular weight excluding hydrogens is 101 g/mol. The van der Waals surface area contributed by atoms with E-state index in [9.17, 15) is 0 Å². The van der Waals surface area contributed by atoms with Crippen LogP contribution in [0.15, 0.2) is 0 Å². The maximum absolute atomic E-state index is 0. The van der Waals surface area contributed by atoms with Crippen LogP contribution >= 0.6 is 17.0 Å². The summed E-state index contributed by atoms with van der Waals surface area (Å²) in [5.74, 6) is 0. The molecule has 0 aliphatic heterocycles. The fraction of sp³-hybridized carbons (Fsp3) is 0. The SMILES string of the molecule is Br.[LiH].[LiH].[LiH]. The van der Waals surface area contributed by atoms with Gasteiger partial charge in [-0.3, -0.25) is 0 Å². The summed E-state index contributed by atoms with van der Waals surface area (Å²) in [6.45, 7) is 0. The van der Waals surface area contributed by atoms with E-state index in [-0.39, 0.29) is 73.6 Å². The van der Waals surface area contributed by atoms with Crippen molar-refractivity contribution in [1.29, 1.82) is 0 Å². The van der Waals surface area contributed by atoms with Crippen molar-refractivity contribution in [1.82, 2.24) is 0 Å². The second-order valence-corrected chi connectivity index (χ2v) is 0. The van der Waals surface area contributed by atoms with Crippen molar-refractivity contribution in [2.75, 3.05) is 0 Å². The molecule has 0 aromatic carbocycles. The van der Waals surface area contributed by atoms with Crippen LogP contribution in [-0.2, 0) is 0 Å². The van der Waals surface area contributed by atoms with Gasteiger partial charge in [-0.2, -0.15) is 0 Å². The molecule has 0 unspecified atom stereocenters. The second-order valence-electron chi connectivity index (χ2n) is 0. The summed E-state index contributed by atoms with van der Waals surface area (Å²) in [6, 6.07) is 0. The Morgan fingerprint density at radius 3 is 0.500 bits per heavy atom. The predicted octanol–water partition coefficient (Wildman–Crippen LogP) is -1.37. The molecule has 4 heavy (non-hydrogen) atoms. The van der Waals surface area contributed by atoms with Gasteiger partial charge >= 0.3 is 56.6 Å². The monoisotopic (exact) mass is 104 g/mol. The van der Waals surface area contributed by atoms with Gasteiger partial charge in [0.2, 0.25) is 0 Å². The molecule has 0 nitrogen and oxygen atoms in total. The molecule has 0 fully saturated rings. The first kappa shape index (κ1) is 33.8. The maximum atomic E-state index is 0. The quantitative estimate of drug-likeness (QED) is 0.333. The molecule has 0 saturated heterocycles. The van der Waals surface area contributed by atoms with Crippen LogP contribution in [0.4, 0.5) is 0 Å². The van der Waals surface area contributed by atoms with Gasteiger partial charge in [-0.1, -0.05) is 0 Å². The Kier molecular flexibility index (Phi) is 157. The molecular formula is H4BrLi3. The number of halogens is 1. The van der Waals surface area contributed by atoms with E-state index in [0.29, 0.717) is 0 Å². The van der Waals surface area contributed by atoms with Crippen molar-refractivity contribution in [3.8, 4) is 0 Å².